The lowest BCUT2D eigenvalue weighted by atomic mass is 9.67. The second-order valence-electron chi connectivity index (χ2n) is 7.95. The molecule has 0 saturated carbocycles. The Balaban J connectivity index is 2.30. The van der Waals surface area contributed by atoms with Gasteiger partial charge in [-0.1, -0.05) is 75.3 Å². The van der Waals surface area contributed by atoms with Gasteiger partial charge in [0.1, 0.15) is 23.8 Å². The van der Waals surface area contributed by atoms with Crippen molar-refractivity contribution < 1.29 is 23.2 Å². The van der Waals surface area contributed by atoms with Crippen molar-refractivity contribution in [3.8, 4) is 0 Å². The molecular weight excluding hydrogens is 399 g/mol. The van der Waals surface area contributed by atoms with Crippen molar-refractivity contribution in [1.29, 1.82) is 0 Å². The molecule has 2 aliphatic carbocycles. The molecule has 0 spiro atoms. The van der Waals surface area contributed by atoms with E-state index >= 15 is 0 Å². The molecule has 2 rings (SSSR count). The van der Waals surface area contributed by atoms with E-state index < -0.39 is 31.3 Å². The number of rotatable bonds is 10. The van der Waals surface area contributed by atoms with Gasteiger partial charge in [0.2, 0.25) is 0 Å². The second kappa shape index (κ2) is 10.2. The second-order valence-corrected chi connectivity index (χ2v) is 8.92. The summed E-state index contributed by atoms with van der Waals surface area (Å²) in [4.78, 5) is 25.3. The largest absolute Gasteiger partial charge is 0.320 e. The molecule has 6 heteroatoms. The Bertz CT molecular complexity index is 755. The van der Waals surface area contributed by atoms with Gasteiger partial charge in [0, 0.05) is 0 Å². The average molecular weight is 435 g/mol. The van der Waals surface area contributed by atoms with Gasteiger partial charge in [0.15, 0.2) is 0 Å². The molecular formula is C24H35O5P. The number of ketones is 2. The highest BCUT2D eigenvalue weighted by Crippen LogP contribution is 2.49. The van der Waals surface area contributed by atoms with Crippen LogP contribution in [0.5, 0.6) is 0 Å². The molecule has 4 unspecified atom stereocenters. The molecule has 0 bridgehead atoms. The van der Waals surface area contributed by atoms with Gasteiger partial charge in [-0.2, -0.15) is 0 Å². The van der Waals surface area contributed by atoms with Gasteiger partial charge in [0.25, 0.3) is 0 Å². The van der Waals surface area contributed by atoms with Crippen molar-refractivity contribution in [2.24, 2.45) is 10.8 Å². The normalized spacial score (nSPS) is 31.8. The summed E-state index contributed by atoms with van der Waals surface area (Å²) in [6.45, 7) is 11.0. The first kappa shape index (κ1) is 24.7. The quantitative estimate of drug-likeness (QED) is 0.399. The minimum Gasteiger partial charge on any atom is -0.302 e. The zero-order valence-corrected chi connectivity index (χ0v) is 20.0. The lowest BCUT2D eigenvalue weighted by Gasteiger charge is -2.42. The first-order valence-corrected chi connectivity index (χ1v) is 12.1. The van der Waals surface area contributed by atoms with Crippen molar-refractivity contribution in [2.45, 2.75) is 79.4 Å². The van der Waals surface area contributed by atoms with E-state index in [9.17, 15) is 14.2 Å². The molecule has 0 saturated heterocycles. The molecule has 4 atom stereocenters. The number of carbonyl (C=O) groups is 2. The van der Waals surface area contributed by atoms with E-state index in [4.69, 9.17) is 9.05 Å². The van der Waals surface area contributed by atoms with Crippen molar-refractivity contribution >= 4 is 19.8 Å². The Hall–Kier alpha value is -1.55. The number of hydrogen-bond donors (Lipinski definition) is 0. The van der Waals surface area contributed by atoms with Gasteiger partial charge in [-0.3, -0.25) is 14.2 Å². The fraction of sp³-hybridized carbons (Fsp3) is 0.583. The monoisotopic (exact) mass is 434 g/mol. The molecule has 0 N–H and O–H groups in total. The Morgan fingerprint density at radius 2 is 1.20 bits per heavy atom. The van der Waals surface area contributed by atoms with Gasteiger partial charge in [-0.25, -0.2) is 0 Å². The number of carbonyl (C=O) groups excluding carboxylic acids is 2. The van der Waals surface area contributed by atoms with Gasteiger partial charge in [-0.15, -0.1) is 0 Å². The predicted molar refractivity (Wildman–Crippen MR) is 121 cm³/mol. The predicted octanol–water partition coefficient (Wildman–Crippen LogP) is 5.93. The van der Waals surface area contributed by atoms with Crippen LogP contribution in [-0.2, 0) is 23.2 Å². The summed E-state index contributed by atoms with van der Waals surface area (Å²) in [7, 11) is -2.99. The minimum atomic E-state index is -2.99. The van der Waals surface area contributed by atoms with Crippen molar-refractivity contribution in [3.63, 3.8) is 0 Å². The van der Waals surface area contributed by atoms with Crippen LogP contribution in [-0.4, -0.2) is 23.8 Å². The molecule has 0 aliphatic heterocycles. The third kappa shape index (κ3) is 4.12. The molecule has 0 amide bonds. The SMILES string of the molecule is CCC1=CC=CC(O[PH](=O)OC2C=CC=C(CC)C2(CC)C(C)=O)C1(CC)C(C)=O. The van der Waals surface area contributed by atoms with Gasteiger partial charge < -0.3 is 9.05 Å². The van der Waals surface area contributed by atoms with Crippen LogP contribution in [0.2, 0.25) is 0 Å². The average Bonchev–Trinajstić information content (AvgIpc) is 2.72. The van der Waals surface area contributed by atoms with Crippen molar-refractivity contribution in [3.05, 3.63) is 47.6 Å². The van der Waals surface area contributed by atoms with Crippen LogP contribution in [0.4, 0.5) is 0 Å². The Morgan fingerprint density at radius 1 is 0.833 bits per heavy atom. The Kier molecular flexibility index (Phi) is 8.38. The first-order valence-electron chi connectivity index (χ1n) is 10.9. The Labute approximate surface area is 181 Å². The van der Waals surface area contributed by atoms with E-state index in [-0.39, 0.29) is 11.6 Å². The summed E-state index contributed by atoms with van der Waals surface area (Å²) >= 11 is 0. The lowest BCUT2D eigenvalue weighted by Crippen LogP contribution is -2.45. The molecule has 0 aromatic heterocycles. The van der Waals surface area contributed by atoms with Crippen LogP contribution in [0.25, 0.3) is 0 Å². The van der Waals surface area contributed by atoms with E-state index in [0.717, 1.165) is 11.1 Å². The topological polar surface area (TPSA) is 69.7 Å². The van der Waals surface area contributed by atoms with E-state index in [1.165, 1.54) is 0 Å². The highest BCUT2D eigenvalue weighted by atomic mass is 31.1. The van der Waals surface area contributed by atoms with Crippen molar-refractivity contribution in [1.82, 2.24) is 0 Å². The van der Waals surface area contributed by atoms with Crippen LogP contribution in [0, 0.1) is 10.8 Å². The summed E-state index contributed by atoms with van der Waals surface area (Å²) in [6.07, 6.45) is 12.3. The number of Topliss-reactive ketones (excluding diaryl/α,β-unsaturated/α-hetero) is 2. The molecule has 0 radical (unpaired) electrons. The van der Waals surface area contributed by atoms with Crippen LogP contribution in [0.1, 0.15) is 67.2 Å². The van der Waals surface area contributed by atoms with E-state index in [2.05, 4.69) is 0 Å². The maximum Gasteiger partial charge on any atom is 0.320 e. The van der Waals surface area contributed by atoms with Crippen LogP contribution < -0.4 is 0 Å². The summed E-state index contributed by atoms with van der Waals surface area (Å²) in [5.74, 6) is -0.0229. The number of allylic oxidation sites excluding steroid dienone is 4. The highest BCUT2D eigenvalue weighted by molar-refractivity contribution is 7.33. The fourth-order valence-electron chi connectivity index (χ4n) is 5.13. The molecule has 2 aliphatic rings. The van der Waals surface area contributed by atoms with Crippen molar-refractivity contribution in [2.75, 3.05) is 0 Å². The zero-order valence-electron chi connectivity index (χ0n) is 19.0. The smallest absolute Gasteiger partial charge is 0.302 e. The van der Waals surface area contributed by atoms with Gasteiger partial charge in [-0.05, 0) is 39.5 Å². The summed E-state index contributed by atoms with van der Waals surface area (Å²) in [5.41, 5.74) is 0.263. The molecule has 0 heterocycles. The molecule has 0 aromatic carbocycles. The summed E-state index contributed by atoms with van der Waals surface area (Å²) < 4.78 is 24.8. The van der Waals surface area contributed by atoms with E-state index in [1.807, 2.05) is 52.0 Å². The molecule has 0 fully saturated rings. The first-order chi connectivity index (χ1) is 14.2. The standard InChI is InChI=1S/C24H35O5P/c1-7-19-13-11-15-21(23(19,9-3)17(5)25)28-30(27)29-22-16-12-14-20(8-2)24(22,10-4)18(6)26/h11-16,21-22,30H,7-10H2,1-6H3. The van der Waals surface area contributed by atoms with Crippen LogP contribution >= 0.6 is 8.25 Å². The Morgan fingerprint density at radius 3 is 1.47 bits per heavy atom. The van der Waals surface area contributed by atoms with Crippen LogP contribution in [0.3, 0.4) is 0 Å². The third-order valence-electron chi connectivity index (χ3n) is 6.86. The highest BCUT2D eigenvalue weighted by Gasteiger charge is 2.48. The molecule has 166 valence electrons. The maximum absolute atomic E-state index is 13.0. The third-order valence-corrected chi connectivity index (χ3v) is 7.76. The zero-order chi connectivity index (χ0) is 22.5. The van der Waals surface area contributed by atoms with E-state index in [0.29, 0.717) is 25.7 Å². The number of hydrogen-bond acceptors (Lipinski definition) is 5. The molecule has 5 nitrogen and oxygen atoms in total. The molecule has 0 aromatic rings. The van der Waals surface area contributed by atoms with Gasteiger partial charge in [0.05, 0.1) is 10.8 Å². The van der Waals surface area contributed by atoms with Crippen LogP contribution in [0.15, 0.2) is 47.6 Å². The summed E-state index contributed by atoms with van der Waals surface area (Å²) in [6, 6.07) is 0. The molecule has 30 heavy (non-hydrogen) atoms. The minimum absolute atomic E-state index is 0.0114. The summed E-state index contributed by atoms with van der Waals surface area (Å²) in [5, 5.41) is 0. The maximum atomic E-state index is 13.0. The van der Waals surface area contributed by atoms with E-state index in [1.54, 1.807) is 26.0 Å². The lowest BCUT2D eigenvalue weighted by molar-refractivity contribution is -0.128. The van der Waals surface area contributed by atoms with Gasteiger partial charge >= 0.3 is 8.25 Å². The fourth-order valence-corrected chi connectivity index (χ4v) is 6.16.